The van der Waals surface area contributed by atoms with Crippen LogP contribution in [0, 0.1) is 5.92 Å². The lowest BCUT2D eigenvalue weighted by Crippen LogP contribution is -2.23. The van der Waals surface area contributed by atoms with Crippen molar-refractivity contribution in [2.24, 2.45) is 15.9 Å². The Bertz CT molecular complexity index is 175. The number of carbonyl (C=O) groups is 1. The average molecular weight is 154 g/mol. The molecule has 0 saturated heterocycles. The first kappa shape index (κ1) is 10.0. The fourth-order valence-electron chi connectivity index (χ4n) is 0.824. The van der Waals surface area contributed by atoms with E-state index in [1.165, 1.54) is 0 Å². The van der Waals surface area contributed by atoms with E-state index in [2.05, 4.69) is 16.7 Å². The minimum Gasteiger partial charge on any atom is -0.303 e. The number of rotatable bonds is 4. The topological polar surface area (TPSA) is 41.8 Å². The molecule has 11 heavy (non-hydrogen) atoms. The molecule has 3 nitrogen and oxygen atoms in total. The van der Waals surface area contributed by atoms with Gasteiger partial charge in [-0.05, 0) is 20.6 Å². The summed E-state index contributed by atoms with van der Waals surface area (Å²) in [6.45, 7) is 7.05. The molecule has 0 aliphatic heterocycles. The zero-order chi connectivity index (χ0) is 8.85. The van der Waals surface area contributed by atoms with Gasteiger partial charge in [0.15, 0.2) is 0 Å². The van der Waals surface area contributed by atoms with Gasteiger partial charge in [0.1, 0.15) is 6.29 Å². The van der Waals surface area contributed by atoms with Gasteiger partial charge in [0.25, 0.3) is 0 Å². The molecular formula is C8H14N2O. The summed E-state index contributed by atoms with van der Waals surface area (Å²) in [6, 6.07) is -0.0730. The maximum Gasteiger partial charge on any atom is 0.130 e. The zero-order valence-electron chi connectivity index (χ0n) is 7.24. The molecule has 0 fully saturated rings. The first-order chi connectivity index (χ1) is 5.17. The van der Waals surface area contributed by atoms with Gasteiger partial charge in [-0.2, -0.15) is 0 Å². The van der Waals surface area contributed by atoms with Crippen molar-refractivity contribution in [3.8, 4) is 0 Å². The Morgan fingerprint density at radius 1 is 1.64 bits per heavy atom. The van der Waals surface area contributed by atoms with Crippen LogP contribution in [0.5, 0.6) is 0 Å². The normalized spacial score (nSPS) is 17.2. The van der Waals surface area contributed by atoms with Crippen LogP contribution in [-0.2, 0) is 4.79 Å². The van der Waals surface area contributed by atoms with Crippen LogP contribution in [0.25, 0.3) is 0 Å². The summed E-state index contributed by atoms with van der Waals surface area (Å²) >= 11 is 0. The molecule has 0 radical (unpaired) electrons. The van der Waals surface area contributed by atoms with Crippen molar-refractivity contribution in [3.63, 3.8) is 0 Å². The fourth-order valence-corrected chi connectivity index (χ4v) is 0.824. The molecule has 2 atom stereocenters. The summed E-state index contributed by atoms with van der Waals surface area (Å²) in [6.07, 6.45) is 0.863. The first-order valence-electron chi connectivity index (χ1n) is 3.51. The van der Waals surface area contributed by atoms with Gasteiger partial charge >= 0.3 is 0 Å². The molecule has 0 aliphatic carbocycles. The Kier molecular flexibility index (Phi) is 4.34. The van der Waals surface area contributed by atoms with E-state index in [1.54, 1.807) is 7.05 Å². The predicted octanol–water partition coefficient (Wildman–Crippen LogP) is 0.981. The zero-order valence-corrected chi connectivity index (χ0v) is 7.24. The largest absolute Gasteiger partial charge is 0.303 e. The van der Waals surface area contributed by atoms with Crippen molar-refractivity contribution in [1.29, 1.82) is 0 Å². The van der Waals surface area contributed by atoms with Crippen LogP contribution in [0.1, 0.15) is 13.8 Å². The maximum atomic E-state index is 10.5. The molecule has 0 aliphatic rings. The van der Waals surface area contributed by atoms with Gasteiger partial charge in [-0.25, -0.2) is 0 Å². The second kappa shape index (κ2) is 4.77. The Morgan fingerprint density at radius 2 is 2.18 bits per heavy atom. The highest BCUT2D eigenvalue weighted by Gasteiger charge is 2.16. The highest BCUT2D eigenvalue weighted by Crippen LogP contribution is 2.06. The van der Waals surface area contributed by atoms with Gasteiger partial charge in [-0.15, -0.1) is 0 Å². The second-order valence-electron chi connectivity index (χ2n) is 2.45. The third-order valence-corrected chi connectivity index (χ3v) is 1.79. The lowest BCUT2D eigenvalue weighted by Gasteiger charge is -2.12. The van der Waals surface area contributed by atoms with Crippen molar-refractivity contribution in [3.05, 3.63) is 0 Å². The van der Waals surface area contributed by atoms with E-state index < -0.39 is 0 Å². The van der Waals surface area contributed by atoms with E-state index in [1.807, 2.05) is 13.8 Å². The van der Waals surface area contributed by atoms with Crippen molar-refractivity contribution in [2.75, 3.05) is 7.05 Å². The summed E-state index contributed by atoms with van der Waals surface area (Å²) < 4.78 is 0. The minimum atomic E-state index is -0.211. The van der Waals surface area contributed by atoms with Crippen LogP contribution < -0.4 is 0 Å². The van der Waals surface area contributed by atoms with Gasteiger partial charge in [0.2, 0.25) is 0 Å². The first-order valence-corrected chi connectivity index (χ1v) is 3.51. The third-order valence-electron chi connectivity index (χ3n) is 1.79. The Hall–Kier alpha value is -0.990. The molecular weight excluding hydrogens is 140 g/mol. The fraction of sp³-hybridized carbons (Fsp3) is 0.625. The summed E-state index contributed by atoms with van der Waals surface area (Å²) in [5, 5.41) is 0. The van der Waals surface area contributed by atoms with Crippen LogP contribution in [0.3, 0.4) is 0 Å². The van der Waals surface area contributed by atoms with Crippen LogP contribution in [0.15, 0.2) is 9.98 Å². The molecule has 0 aromatic carbocycles. The number of aldehydes is 1. The smallest absolute Gasteiger partial charge is 0.130 e. The van der Waals surface area contributed by atoms with E-state index in [4.69, 9.17) is 0 Å². The molecule has 0 aromatic rings. The molecule has 0 bridgehead atoms. The Labute approximate surface area is 67.2 Å². The summed E-state index contributed by atoms with van der Waals surface area (Å²) in [5.74, 6) is -0.211. The Morgan fingerprint density at radius 3 is 2.45 bits per heavy atom. The summed E-state index contributed by atoms with van der Waals surface area (Å²) in [4.78, 5) is 18.2. The van der Waals surface area contributed by atoms with Gasteiger partial charge < -0.3 is 4.79 Å². The van der Waals surface area contributed by atoms with E-state index in [0.717, 1.165) is 12.0 Å². The molecule has 0 unspecified atom stereocenters. The van der Waals surface area contributed by atoms with Crippen LogP contribution in [0.2, 0.25) is 0 Å². The number of hydrogen-bond acceptors (Lipinski definition) is 3. The highest BCUT2D eigenvalue weighted by atomic mass is 16.1. The van der Waals surface area contributed by atoms with Crippen molar-refractivity contribution >= 4 is 18.7 Å². The summed E-state index contributed by atoms with van der Waals surface area (Å²) in [7, 11) is 1.67. The lowest BCUT2D eigenvalue weighted by atomic mass is 9.99. The van der Waals surface area contributed by atoms with Gasteiger partial charge in [-0.1, -0.05) is 0 Å². The quantitative estimate of drug-likeness (QED) is 0.439. The van der Waals surface area contributed by atoms with E-state index in [9.17, 15) is 4.79 Å². The third kappa shape index (κ3) is 2.62. The van der Waals surface area contributed by atoms with Gasteiger partial charge in [0.05, 0.1) is 12.0 Å². The molecule has 3 heteroatoms. The van der Waals surface area contributed by atoms with E-state index in [-0.39, 0.29) is 12.0 Å². The molecule has 0 aromatic heterocycles. The van der Waals surface area contributed by atoms with Crippen molar-refractivity contribution in [2.45, 2.75) is 19.9 Å². The lowest BCUT2D eigenvalue weighted by molar-refractivity contribution is -0.109. The monoisotopic (exact) mass is 154 g/mol. The average Bonchev–Trinajstić information content (AvgIpc) is 2.05. The van der Waals surface area contributed by atoms with Gasteiger partial charge in [0, 0.05) is 12.8 Å². The van der Waals surface area contributed by atoms with Crippen LogP contribution in [-0.4, -0.2) is 31.8 Å². The minimum absolute atomic E-state index is 0.0730. The van der Waals surface area contributed by atoms with Gasteiger partial charge in [-0.3, -0.25) is 9.98 Å². The SMILES string of the molecule is C=N[C@@H](C)[C@H](C=O)/C(C)=N\C. The van der Waals surface area contributed by atoms with Crippen molar-refractivity contribution in [1.82, 2.24) is 0 Å². The predicted molar refractivity (Wildman–Crippen MR) is 47.6 cm³/mol. The van der Waals surface area contributed by atoms with Crippen LogP contribution >= 0.6 is 0 Å². The molecule has 0 rings (SSSR count). The molecule has 0 spiro atoms. The van der Waals surface area contributed by atoms with Crippen molar-refractivity contribution < 1.29 is 4.79 Å². The molecule has 62 valence electrons. The number of nitrogens with zero attached hydrogens (tertiary/aromatic N) is 2. The number of aliphatic imine (C=N–C) groups is 2. The number of carbonyl (C=O) groups excluding carboxylic acids is 1. The van der Waals surface area contributed by atoms with E-state index in [0.29, 0.717) is 0 Å². The molecule has 0 amide bonds. The van der Waals surface area contributed by atoms with Crippen LogP contribution in [0.4, 0.5) is 0 Å². The standard InChI is InChI=1S/C8H14N2O/c1-6(9-3)8(5-11)7(2)10-4/h5-6,8H,3H2,1-2,4H3/b10-7-/t6-,8-/m0/s1. The Balaban J connectivity index is 4.39. The molecule has 0 saturated carbocycles. The van der Waals surface area contributed by atoms with E-state index >= 15 is 0 Å². The highest BCUT2D eigenvalue weighted by molar-refractivity contribution is 5.96. The maximum absolute atomic E-state index is 10.5. The molecule has 0 N–H and O–H groups in total. The second-order valence-corrected chi connectivity index (χ2v) is 2.45. The molecule has 0 heterocycles. The number of hydrogen-bond donors (Lipinski definition) is 0. The summed E-state index contributed by atoms with van der Waals surface area (Å²) in [5.41, 5.74) is 0.805.